The van der Waals surface area contributed by atoms with Crippen LogP contribution in [0.1, 0.15) is 19.8 Å². The first-order valence-electron chi connectivity index (χ1n) is 4.98. The van der Waals surface area contributed by atoms with E-state index in [2.05, 4.69) is 24.8 Å². The van der Waals surface area contributed by atoms with Crippen LogP contribution in [0.5, 0.6) is 0 Å². The molecule has 0 aliphatic carbocycles. The molecule has 2 nitrogen and oxygen atoms in total. The Bertz CT molecular complexity index is 179. The van der Waals surface area contributed by atoms with E-state index < -0.39 is 0 Å². The van der Waals surface area contributed by atoms with E-state index in [1.54, 1.807) is 0 Å². The summed E-state index contributed by atoms with van der Waals surface area (Å²) < 4.78 is 5.31. The average molecular weight is 181 g/mol. The highest BCUT2D eigenvalue weighted by Gasteiger charge is 2.17. The summed E-state index contributed by atoms with van der Waals surface area (Å²) in [6.07, 6.45) is 7.73. The zero-order valence-corrected chi connectivity index (χ0v) is 8.62. The summed E-state index contributed by atoms with van der Waals surface area (Å²) in [7, 11) is 2.10. The van der Waals surface area contributed by atoms with Crippen molar-refractivity contribution in [3.63, 3.8) is 0 Å². The van der Waals surface area contributed by atoms with Gasteiger partial charge in [0.2, 0.25) is 0 Å². The van der Waals surface area contributed by atoms with Crippen molar-refractivity contribution in [3.8, 4) is 12.3 Å². The number of hydrogen-bond donors (Lipinski definition) is 0. The summed E-state index contributed by atoms with van der Waals surface area (Å²) in [5.74, 6) is 3.52. The Labute approximate surface area is 81.3 Å². The maximum Gasteiger partial charge on any atom is 0.0680 e. The van der Waals surface area contributed by atoms with E-state index >= 15 is 0 Å². The highest BCUT2D eigenvalue weighted by molar-refractivity contribution is 4.96. The summed E-state index contributed by atoms with van der Waals surface area (Å²) in [6.45, 7) is 5.01. The zero-order chi connectivity index (χ0) is 9.68. The van der Waals surface area contributed by atoms with E-state index in [9.17, 15) is 0 Å². The maximum atomic E-state index is 5.36. The molecule has 0 spiro atoms. The molecule has 0 radical (unpaired) electrons. The standard InChI is InChI=1S/C11H19NO/c1-4-10(2)12(3)9-11-5-7-13-8-6-11/h1,10-11H,5-9H2,2-3H3. The van der Waals surface area contributed by atoms with Crippen LogP contribution in [0.4, 0.5) is 0 Å². The smallest absolute Gasteiger partial charge is 0.0680 e. The molecule has 74 valence electrons. The lowest BCUT2D eigenvalue weighted by atomic mass is 9.99. The molecular formula is C11H19NO. The molecule has 0 aromatic rings. The van der Waals surface area contributed by atoms with Crippen molar-refractivity contribution < 1.29 is 4.74 Å². The molecule has 0 bridgehead atoms. The van der Waals surface area contributed by atoms with Gasteiger partial charge in [0.15, 0.2) is 0 Å². The second-order valence-corrected chi connectivity index (χ2v) is 3.84. The maximum absolute atomic E-state index is 5.36. The Morgan fingerprint density at radius 1 is 1.54 bits per heavy atom. The van der Waals surface area contributed by atoms with E-state index in [4.69, 9.17) is 11.2 Å². The van der Waals surface area contributed by atoms with Gasteiger partial charge in [-0.15, -0.1) is 6.42 Å². The zero-order valence-electron chi connectivity index (χ0n) is 8.62. The van der Waals surface area contributed by atoms with Crippen molar-refractivity contribution in [2.75, 3.05) is 26.8 Å². The molecule has 1 aliphatic rings. The molecule has 13 heavy (non-hydrogen) atoms. The lowest BCUT2D eigenvalue weighted by Crippen LogP contribution is -2.34. The Morgan fingerprint density at radius 2 is 2.15 bits per heavy atom. The van der Waals surface area contributed by atoms with Gasteiger partial charge in [-0.25, -0.2) is 0 Å². The highest BCUT2D eigenvalue weighted by atomic mass is 16.5. The second kappa shape index (κ2) is 5.26. The van der Waals surface area contributed by atoms with Crippen molar-refractivity contribution in [3.05, 3.63) is 0 Å². The van der Waals surface area contributed by atoms with Crippen molar-refractivity contribution in [1.82, 2.24) is 4.90 Å². The predicted octanol–water partition coefficient (Wildman–Crippen LogP) is 1.37. The number of hydrogen-bond acceptors (Lipinski definition) is 2. The van der Waals surface area contributed by atoms with Gasteiger partial charge >= 0.3 is 0 Å². The van der Waals surface area contributed by atoms with Crippen molar-refractivity contribution in [1.29, 1.82) is 0 Å². The van der Waals surface area contributed by atoms with E-state index in [0.717, 1.165) is 25.7 Å². The van der Waals surface area contributed by atoms with Crippen molar-refractivity contribution in [2.45, 2.75) is 25.8 Å². The largest absolute Gasteiger partial charge is 0.381 e. The highest BCUT2D eigenvalue weighted by Crippen LogP contribution is 2.16. The van der Waals surface area contributed by atoms with Gasteiger partial charge in [0.25, 0.3) is 0 Å². The summed E-state index contributed by atoms with van der Waals surface area (Å²) in [6, 6.07) is 0.253. The van der Waals surface area contributed by atoms with E-state index in [1.165, 1.54) is 12.8 Å². The Morgan fingerprint density at radius 3 is 2.69 bits per heavy atom. The fourth-order valence-electron chi connectivity index (χ4n) is 1.62. The van der Waals surface area contributed by atoms with Crippen LogP contribution >= 0.6 is 0 Å². The van der Waals surface area contributed by atoms with Gasteiger partial charge in [0.1, 0.15) is 0 Å². The number of ether oxygens (including phenoxy) is 1. The van der Waals surface area contributed by atoms with Crippen LogP contribution < -0.4 is 0 Å². The quantitative estimate of drug-likeness (QED) is 0.610. The molecule has 0 aromatic carbocycles. The van der Waals surface area contributed by atoms with Gasteiger partial charge in [-0.1, -0.05) is 5.92 Å². The van der Waals surface area contributed by atoms with Gasteiger partial charge in [0.05, 0.1) is 6.04 Å². The van der Waals surface area contributed by atoms with Crippen LogP contribution in [0.3, 0.4) is 0 Å². The van der Waals surface area contributed by atoms with Gasteiger partial charge in [-0.05, 0) is 32.7 Å². The molecular weight excluding hydrogens is 162 g/mol. The summed E-state index contributed by atoms with van der Waals surface area (Å²) in [5.41, 5.74) is 0. The van der Waals surface area contributed by atoms with Crippen LogP contribution in [0.25, 0.3) is 0 Å². The van der Waals surface area contributed by atoms with Gasteiger partial charge in [-0.2, -0.15) is 0 Å². The summed E-state index contributed by atoms with van der Waals surface area (Å²) >= 11 is 0. The summed E-state index contributed by atoms with van der Waals surface area (Å²) in [5, 5.41) is 0. The van der Waals surface area contributed by atoms with E-state index in [-0.39, 0.29) is 6.04 Å². The normalized spacial score (nSPS) is 21.4. The fraction of sp³-hybridized carbons (Fsp3) is 0.818. The first-order valence-corrected chi connectivity index (χ1v) is 4.98. The molecule has 1 unspecified atom stereocenters. The van der Waals surface area contributed by atoms with Crippen LogP contribution in [-0.4, -0.2) is 37.7 Å². The third-order valence-corrected chi connectivity index (χ3v) is 2.79. The second-order valence-electron chi connectivity index (χ2n) is 3.84. The Kier molecular flexibility index (Phi) is 4.27. The van der Waals surface area contributed by atoms with Crippen LogP contribution in [0.15, 0.2) is 0 Å². The molecule has 0 amide bonds. The van der Waals surface area contributed by atoms with Crippen LogP contribution in [0.2, 0.25) is 0 Å². The Hall–Kier alpha value is -0.520. The van der Waals surface area contributed by atoms with Gasteiger partial charge in [-0.3, -0.25) is 4.90 Å². The molecule has 1 aliphatic heterocycles. The fourth-order valence-corrected chi connectivity index (χ4v) is 1.62. The van der Waals surface area contributed by atoms with Gasteiger partial charge < -0.3 is 4.74 Å². The molecule has 0 saturated carbocycles. The number of terminal acetylenes is 1. The minimum absolute atomic E-state index is 0.253. The van der Waals surface area contributed by atoms with Crippen molar-refractivity contribution >= 4 is 0 Å². The molecule has 1 heterocycles. The third kappa shape index (κ3) is 3.38. The molecule has 1 atom stereocenters. The lowest BCUT2D eigenvalue weighted by molar-refractivity contribution is 0.0540. The lowest BCUT2D eigenvalue weighted by Gasteiger charge is -2.28. The monoisotopic (exact) mass is 181 g/mol. The van der Waals surface area contributed by atoms with E-state index in [1.807, 2.05) is 0 Å². The van der Waals surface area contributed by atoms with Crippen LogP contribution in [-0.2, 0) is 4.74 Å². The number of nitrogens with zero attached hydrogens (tertiary/aromatic N) is 1. The average Bonchev–Trinajstić information content (AvgIpc) is 2.18. The van der Waals surface area contributed by atoms with Crippen molar-refractivity contribution in [2.24, 2.45) is 5.92 Å². The molecule has 1 saturated heterocycles. The minimum Gasteiger partial charge on any atom is -0.381 e. The SMILES string of the molecule is C#CC(C)N(C)CC1CCOCC1. The minimum atomic E-state index is 0.253. The third-order valence-electron chi connectivity index (χ3n) is 2.79. The van der Waals surface area contributed by atoms with Gasteiger partial charge in [0, 0.05) is 19.8 Å². The first kappa shape index (κ1) is 10.6. The van der Waals surface area contributed by atoms with Crippen LogP contribution in [0, 0.1) is 18.3 Å². The van der Waals surface area contributed by atoms with E-state index in [0.29, 0.717) is 0 Å². The molecule has 0 N–H and O–H groups in total. The Balaban J connectivity index is 2.26. The topological polar surface area (TPSA) is 12.5 Å². The predicted molar refractivity (Wildman–Crippen MR) is 54.5 cm³/mol. The number of rotatable bonds is 3. The molecule has 0 aromatic heterocycles. The molecule has 2 heteroatoms. The summed E-state index contributed by atoms with van der Waals surface area (Å²) in [4.78, 5) is 2.25. The molecule has 1 fully saturated rings. The molecule has 1 rings (SSSR count). The first-order chi connectivity index (χ1) is 6.24.